The van der Waals surface area contributed by atoms with Crippen molar-refractivity contribution in [3.05, 3.63) is 48.2 Å². The van der Waals surface area contributed by atoms with Gasteiger partial charge in [-0.3, -0.25) is 0 Å². The Bertz CT molecular complexity index is 872. The molecular formula is C21H24FNO6. The van der Waals surface area contributed by atoms with Gasteiger partial charge in [-0.1, -0.05) is 6.58 Å². The Labute approximate surface area is 169 Å². The number of esters is 1. The molecule has 2 aromatic rings. The molecule has 0 fully saturated rings. The molecule has 2 aromatic carbocycles. The fourth-order valence-corrected chi connectivity index (χ4v) is 2.49. The summed E-state index contributed by atoms with van der Waals surface area (Å²) in [6.07, 6.45) is -1.28. The number of methoxy groups -OCH3 is 4. The molecule has 8 heteroatoms. The summed E-state index contributed by atoms with van der Waals surface area (Å²) in [6, 6.07) is 7.62. The van der Waals surface area contributed by atoms with Crippen molar-refractivity contribution < 1.29 is 32.9 Å². The van der Waals surface area contributed by atoms with Crippen LogP contribution in [0.3, 0.4) is 0 Å². The molecule has 0 bridgehead atoms. The van der Waals surface area contributed by atoms with Gasteiger partial charge in [0.15, 0.2) is 11.5 Å². The summed E-state index contributed by atoms with van der Waals surface area (Å²) in [7, 11) is 5.87. The van der Waals surface area contributed by atoms with Gasteiger partial charge in [-0.25, -0.2) is 9.18 Å². The number of anilines is 1. The molecule has 0 aliphatic heterocycles. The van der Waals surface area contributed by atoms with Crippen LogP contribution in [0, 0.1) is 0 Å². The second kappa shape index (κ2) is 9.68. The summed E-state index contributed by atoms with van der Waals surface area (Å²) < 4.78 is 39.9. The molecule has 0 radical (unpaired) electrons. The highest BCUT2D eigenvalue weighted by Crippen LogP contribution is 2.41. The Balaban J connectivity index is 2.32. The van der Waals surface area contributed by atoms with E-state index in [1.807, 2.05) is 0 Å². The molecule has 1 N–H and O–H groups in total. The Morgan fingerprint density at radius 1 is 0.966 bits per heavy atom. The van der Waals surface area contributed by atoms with Crippen molar-refractivity contribution in [2.75, 3.05) is 33.8 Å². The number of ether oxygens (including phenoxy) is 5. The molecular weight excluding hydrogens is 381 g/mol. The van der Waals surface area contributed by atoms with E-state index in [1.54, 1.807) is 6.07 Å². The molecule has 156 valence electrons. The number of halogens is 1. The topological polar surface area (TPSA) is 75.3 Å². The van der Waals surface area contributed by atoms with Gasteiger partial charge in [0.25, 0.3) is 0 Å². The van der Waals surface area contributed by atoms with Gasteiger partial charge in [0.1, 0.15) is 17.7 Å². The lowest BCUT2D eigenvalue weighted by Gasteiger charge is -2.16. The van der Waals surface area contributed by atoms with E-state index in [0.29, 0.717) is 28.7 Å². The van der Waals surface area contributed by atoms with Gasteiger partial charge in [-0.15, -0.1) is 0 Å². The van der Waals surface area contributed by atoms with E-state index in [1.165, 1.54) is 59.6 Å². The molecule has 0 saturated carbocycles. The van der Waals surface area contributed by atoms with E-state index in [-0.39, 0.29) is 17.0 Å². The van der Waals surface area contributed by atoms with Gasteiger partial charge < -0.3 is 29.0 Å². The molecule has 0 saturated heterocycles. The van der Waals surface area contributed by atoms with Crippen LogP contribution in [0.2, 0.25) is 0 Å². The number of allylic oxidation sites excluding steroid dienone is 1. The van der Waals surface area contributed by atoms with Gasteiger partial charge in [0, 0.05) is 17.8 Å². The van der Waals surface area contributed by atoms with Crippen molar-refractivity contribution >= 4 is 11.7 Å². The Kier molecular flexibility index (Phi) is 7.30. The van der Waals surface area contributed by atoms with Crippen LogP contribution in [0.4, 0.5) is 10.1 Å². The third-order valence-electron chi connectivity index (χ3n) is 4.06. The zero-order valence-electron chi connectivity index (χ0n) is 17.0. The molecule has 0 heterocycles. The van der Waals surface area contributed by atoms with Gasteiger partial charge in [0.05, 0.1) is 39.7 Å². The standard InChI is InChI=1S/C21H24FNO6/c1-12(22)13(2)23-16-9-14(7-8-17(16)25-3)21(24)29-15-10-18(26-4)20(28-6)19(11-15)27-5/h7-12,23H,2H2,1,3-6H3. The maximum Gasteiger partial charge on any atom is 0.343 e. The largest absolute Gasteiger partial charge is 0.495 e. The highest BCUT2D eigenvalue weighted by Gasteiger charge is 2.18. The van der Waals surface area contributed by atoms with Crippen LogP contribution in [0.25, 0.3) is 0 Å². The minimum atomic E-state index is -1.28. The fraction of sp³-hybridized carbons (Fsp3) is 0.286. The summed E-state index contributed by atoms with van der Waals surface area (Å²) in [5, 5.41) is 2.81. The molecule has 1 unspecified atom stereocenters. The molecule has 1 atom stereocenters. The lowest BCUT2D eigenvalue weighted by Crippen LogP contribution is -2.12. The van der Waals surface area contributed by atoms with Gasteiger partial charge in [-0.2, -0.15) is 0 Å². The average molecular weight is 405 g/mol. The first-order valence-corrected chi connectivity index (χ1v) is 8.64. The first-order valence-electron chi connectivity index (χ1n) is 8.64. The fourth-order valence-electron chi connectivity index (χ4n) is 2.49. The number of carbonyl (C=O) groups excluding carboxylic acids is 1. The van der Waals surface area contributed by atoms with Crippen LogP contribution in [0.1, 0.15) is 17.3 Å². The van der Waals surface area contributed by atoms with Gasteiger partial charge in [0.2, 0.25) is 5.75 Å². The van der Waals surface area contributed by atoms with E-state index in [2.05, 4.69) is 11.9 Å². The molecule has 7 nitrogen and oxygen atoms in total. The number of carbonyl (C=O) groups is 1. The molecule has 0 aromatic heterocycles. The summed E-state index contributed by atoms with van der Waals surface area (Å²) in [4.78, 5) is 12.6. The monoisotopic (exact) mass is 405 g/mol. The number of alkyl halides is 1. The zero-order valence-corrected chi connectivity index (χ0v) is 17.0. The molecule has 29 heavy (non-hydrogen) atoms. The van der Waals surface area contributed by atoms with E-state index in [4.69, 9.17) is 23.7 Å². The summed E-state index contributed by atoms with van der Waals surface area (Å²) in [5.74, 6) is 1.07. The Morgan fingerprint density at radius 3 is 2.03 bits per heavy atom. The molecule has 0 spiro atoms. The van der Waals surface area contributed by atoms with Crippen molar-refractivity contribution in [1.29, 1.82) is 0 Å². The van der Waals surface area contributed by atoms with Gasteiger partial charge >= 0.3 is 5.97 Å². The number of nitrogens with one attached hydrogen (secondary N) is 1. The first-order chi connectivity index (χ1) is 13.8. The second-order valence-electron chi connectivity index (χ2n) is 5.93. The molecule has 0 aliphatic carbocycles. The molecule has 2 rings (SSSR count). The van der Waals surface area contributed by atoms with Crippen LogP contribution in [-0.4, -0.2) is 40.6 Å². The van der Waals surface area contributed by atoms with E-state index < -0.39 is 12.1 Å². The quantitative estimate of drug-likeness (QED) is 0.494. The normalized spacial score (nSPS) is 11.2. The maximum absolute atomic E-state index is 13.4. The number of benzene rings is 2. The number of hydrogen-bond acceptors (Lipinski definition) is 7. The SMILES string of the molecule is C=C(Nc1cc(C(=O)Oc2cc(OC)c(OC)c(OC)c2)ccc1OC)C(C)F. The Hall–Kier alpha value is -3.42. The van der Waals surface area contributed by atoms with Gasteiger partial charge in [-0.05, 0) is 25.1 Å². The smallest absolute Gasteiger partial charge is 0.343 e. The third-order valence-corrected chi connectivity index (χ3v) is 4.06. The third kappa shape index (κ3) is 5.10. The first kappa shape index (κ1) is 21.9. The lowest BCUT2D eigenvalue weighted by molar-refractivity contribution is 0.0734. The van der Waals surface area contributed by atoms with Crippen LogP contribution in [-0.2, 0) is 0 Å². The predicted octanol–water partition coefficient (Wildman–Crippen LogP) is 4.22. The van der Waals surface area contributed by atoms with Crippen molar-refractivity contribution in [2.24, 2.45) is 0 Å². The van der Waals surface area contributed by atoms with Crippen LogP contribution < -0.4 is 29.0 Å². The van der Waals surface area contributed by atoms with Crippen molar-refractivity contribution in [2.45, 2.75) is 13.1 Å². The second-order valence-corrected chi connectivity index (χ2v) is 5.93. The van der Waals surface area contributed by atoms with Crippen molar-refractivity contribution in [1.82, 2.24) is 0 Å². The van der Waals surface area contributed by atoms with E-state index >= 15 is 0 Å². The lowest BCUT2D eigenvalue weighted by atomic mass is 10.1. The number of hydrogen-bond donors (Lipinski definition) is 1. The average Bonchev–Trinajstić information content (AvgIpc) is 2.72. The van der Waals surface area contributed by atoms with Crippen molar-refractivity contribution in [3.63, 3.8) is 0 Å². The minimum Gasteiger partial charge on any atom is -0.495 e. The molecule has 0 amide bonds. The summed E-state index contributed by atoms with van der Waals surface area (Å²) >= 11 is 0. The Morgan fingerprint density at radius 2 is 1.55 bits per heavy atom. The van der Waals surface area contributed by atoms with Crippen LogP contribution in [0.15, 0.2) is 42.6 Å². The highest BCUT2D eigenvalue weighted by atomic mass is 19.1. The predicted molar refractivity (Wildman–Crippen MR) is 107 cm³/mol. The number of rotatable bonds is 9. The molecule has 0 aliphatic rings. The zero-order chi connectivity index (χ0) is 21.6. The highest BCUT2D eigenvalue weighted by molar-refractivity contribution is 5.93. The summed E-state index contributed by atoms with van der Waals surface area (Å²) in [6.45, 7) is 4.98. The minimum absolute atomic E-state index is 0.137. The maximum atomic E-state index is 13.4. The van der Waals surface area contributed by atoms with E-state index in [9.17, 15) is 9.18 Å². The van der Waals surface area contributed by atoms with Crippen LogP contribution >= 0.6 is 0 Å². The van der Waals surface area contributed by atoms with E-state index in [0.717, 1.165) is 0 Å². The van der Waals surface area contributed by atoms with Crippen molar-refractivity contribution in [3.8, 4) is 28.7 Å². The summed E-state index contributed by atoms with van der Waals surface area (Å²) in [5.41, 5.74) is 0.751. The van der Waals surface area contributed by atoms with Crippen LogP contribution in [0.5, 0.6) is 28.7 Å².